The number of hydrogen-bond acceptors (Lipinski definition) is 2. The molecule has 1 aliphatic rings. The zero-order valence-corrected chi connectivity index (χ0v) is 35.7. The third-order valence-electron chi connectivity index (χ3n) is 10.6. The van der Waals surface area contributed by atoms with Crippen molar-refractivity contribution in [1.29, 1.82) is 0 Å². The number of hydrogen-bond donors (Lipinski definition) is 0. The van der Waals surface area contributed by atoms with Crippen LogP contribution in [-0.4, -0.2) is 8.07 Å². The molecular weight excluding hydrogens is 732 g/mol. The van der Waals surface area contributed by atoms with Crippen molar-refractivity contribution < 1.29 is 0 Å². The number of unbranched alkanes of at least 4 members (excludes halogenated alkanes) is 20. The number of rotatable bonds is 28. The molecule has 1 aliphatic heterocycles. The van der Waals surface area contributed by atoms with E-state index in [4.69, 9.17) is 0 Å². The van der Waals surface area contributed by atoms with Crippen molar-refractivity contribution in [2.24, 2.45) is 0 Å². The fraction of sp³-hybridized carbons (Fsp3) is 0.800. The number of thiophene rings is 2. The van der Waals surface area contributed by atoms with Crippen molar-refractivity contribution in [2.45, 2.75) is 207 Å². The molecule has 0 unspecified atom stereocenters. The molecule has 5 heteroatoms. The fourth-order valence-corrected chi connectivity index (χ4v) is 20.2. The van der Waals surface area contributed by atoms with Crippen LogP contribution in [0.1, 0.15) is 193 Å². The summed E-state index contributed by atoms with van der Waals surface area (Å²) in [7, 11) is -1.80. The quantitative estimate of drug-likeness (QED) is 0.0594. The number of fused-ring (bicyclic) bond motifs is 3. The Balaban J connectivity index is 1.69. The molecule has 0 fully saturated rings. The molecule has 2 aromatic heterocycles. The van der Waals surface area contributed by atoms with Crippen LogP contribution >= 0.6 is 54.5 Å². The first-order valence-corrected chi connectivity index (χ1v) is 25.3. The highest BCUT2D eigenvalue weighted by molar-refractivity contribution is 9.11. The maximum Gasteiger partial charge on any atom is 0.122 e. The van der Waals surface area contributed by atoms with Crippen LogP contribution in [0.4, 0.5) is 0 Å². The topological polar surface area (TPSA) is 0 Å². The Morgan fingerprint density at radius 1 is 0.400 bits per heavy atom. The summed E-state index contributed by atoms with van der Waals surface area (Å²) in [5.74, 6) is 0. The predicted octanol–water partition coefficient (Wildman–Crippen LogP) is 15.4. The molecule has 0 aliphatic carbocycles. The summed E-state index contributed by atoms with van der Waals surface area (Å²) < 4.78 is 2.94. The van der Waals surface area contributed by atoms with E-state index in [9.17, 15) is 0 Å². The molecule has 0 saturated heterocycles. The average molecular weight is 801 g/mol. The maximum absolute atomic E-state index is 4.15. The van der Waals surface area contributed by atoms with E-state index in [1.165, 1.54) is 187 Å². The summed E-state index contributed by atoms with van der Waals surface area (Å²) in [4.78, 5) is 3.38. The third-order valence-corrected chi connectivity index (χ3v) is 20.5. The lowest BCUT2D eigenvalue weighted by Crippen LogP contribution is -2.56. The molecule has 0 bridgehead atoms. The summed E-state index contributed by atoms with van der Waals surface area (Å²) in [6, 6.07) is 2.93. The van der Waals surface area contributed by atoms with Gasteiger partial charge in [0.1, 0.15) is 8.07 Å². The van der Waals surface area contributed by atoms with Gasteiger partial charge in [0.2, 0.25) is 0 Å². The van der Waals surface area contributed by atoms with Gasteiger partial charge >= 0.3 is 0 Å². The van der Waals surface area contributed by atoms with E-state index < -0.39 is 8.07 Å². The smallest absolute Gasteiger partial charge is 0.122 e. The van der Waals surface area contributed by atoms with Crippen molar-refractivity contribution in [3.8, 4) is 9.75 Å². The van der Waals surface area contributed by atoms with E-state index >= 15 is 0 Å². The van der Waals surface area contributed by atoms with Crippen LogP contribution in [0, 0.1) is 0 Å². The monoisotopic (exact) mass is 798 g/mol. The zero-order valence-electron chi connectivity index (χ0n) is 29.9. The van der Waals surface area contributed by atoms with Crippen LogP contribution in [0.3, 0.4) is 0 Å². The van der Waals surface area contributed by atoms with E-state index in [0.29, 0.717) is 0 Å². The van der Waals surface area contributed by atoms with E-state index in [0.717, 1.165) is 0 Å². The van der Waals surface area contributed by atoms with Gasteiger partial charge in [0.15, 0.2) is 0 Å². The van der Waals surface area contributed by atoms with Gasteiger partial charge in [-0.15, -0.1) is 22.7 Å². The predicted molar refractivity (Wildman–Crippen MR) is 219 cm³/mol. The van der Waals surface area contributed by atoms with Crippen LogP contribution < -0.4 is 10.4 Å². The molecule has 0 spiro atoms. The highest BCUT2D eigenvalue weighted by atomic mass is 79.9. The Labute approximate surface area is 306 Å². The second-order valence-electron chi connectivity index (χ2n) is 14.3. The molecule has 258 valence electrons. The van der Waals surface area contributed by atoms with Gasteiger partial charge in [0, 0.05) is 9.75 Å². The Kier molecular flexibility index (Phi) is 20.5. The second kappa shape index (κ2) is 23.1. The van der Waals surface area contributed by atoms with Gasteiger partial charge in [-0.25, -0.2) is 0 Å². The molecule has 45 heavy (non-hydrogen) atoms. The van der Waals surface area contributed by atoms with E-state index in [-0.39, 0.29) is 0 Å². The molecule has 0 radical (unpaired) electrons. The molecule has 0 nitrogen and oxygen atoms in total. The van der Waals surface area contributed by atoms with Crippen molar-refractivity contribution >= 4 is 73.0 Å². The zero-order chi connectivity index (χ0) is 32.3. The molecule has 0 atom stereocenters. The van der Waals surface area contributed by atoms with Gasteiger partial charge in [-0.3, -0.25) is 0 Å². The molecular formula is C40H68Br2S2Si. The van der Waals surface area contributed by atoms with Crippen molar-refractivity contribution in [1.82, 2.24) is 0 Å². The van der Waals surface area contributed by atoms with Crippen molar-refractivity contribution in [2.75, 3.05) is 0 Å². The first-order valence-electron chi connectivity index (χ1n) is 19.7. The van der Waals surface area contributed by atoms with Gasteiger partial charge in [-0.2, -0.15) is 0 Å². The highest BCUT2D eigenvalue weighted by Gasteiger charge is 2.50. The third kappa shape index (κ3) is 11.9. The van der Waals surface area contributed by atoms with E-state index in [1.807, 2.05) is 10.4 Å². The average Bonchev–Trinajstić information content (AvgIpc) is 3.63. The summed E-state index contributed by atoms with van der Waals surface area (Å²) in [6.07, 6.45) is 36.4. The van der Waals surface area contributed by atoms with E-state index in [2.05, 4.69) is 82.2 Å². The second-order valence-corrected chi connectivity index (χ2v) is 23.1. The van der Waals surface area contributed by atoms with Crippen LogP contribution in [0.5, 0.6) is 0 Å². The van der Waals surface area contributed by atoms with Gasteiger partial charge in [-0.1, -0.05) is 169 Å². The summed E-state index contributed by atoms with van der Waals surface area (Å²) in [5, 5.41) is 3.82. The minimum absolute atomic E-state index is 1.29. The van der Waals surface area contributed by atoms with Gasteiger partial charge in [0.05, 0.1) is 7.57 Å². The Hall–Kier alpha value is 0.577. The van der Waals surface area contributed by atoms with E-state index in [1.54, 1.807) is 20.9 Å². The van der Waals surface area contributed by atoms with Gasteiger partial charge in [-0.05, 0) is 91.1 Å². The minimum atomic E-state index is -1.80. The van der Waals surface area contributed by atoms with Gasteiger partial charge < -0.3 is 0 Å². The highest BCUT2D eigenvalue weighted by Crippen LogP contribution is 2.49. The molecule has 0 aromatic carbocycles. The molecule has 0 amide bonds. The Bertz CT molecular complexity index is 987. The van der Waals surface area contributed by atoms with Crippen molar-refractivity contribution in [3.63, 3.8) is 0 Å². The first-order chi connectivity index (χ1) is 22.1. The molecule has 2 aromatic rings. The SMILES string of the molecule is CCCCCCCCCCCCc1c(Br)sc2c1[Si](CCCC)(CCCC)c1c-2sc(Br)c1CCCCCCCCCCCC. The normalized spacial score (nSPS) is 13.6. The lowest BCUT2D eigenvalue weighted by molar-refractivity contribution is 0.556. The molecule has 3 rings (SSSR count). The lowest BCUT2D eigenvalue weighted by Gasteiger charge is -2.32. The fourth-order valence-electron chi connectivity index (χ4n) is 7.94. The molecule has 0 N–H and O–H groups in total. The van der Waals surface area contributed by atoms with Crippen molar-refractivity contribution in [3.05, 3.63) is 18.7 Å². The first kappa shape index (κ1) is 40.0. The summed E-state index contributed by atoms with van der Waals surface area (Å²) >= 11 is 12.5. The molecule has 0 saturated carbocycles. The van der Waals surface area contributed by atoms with Crippen LogP contribution in [0.25, 0.3) is 9.75 Å². The maximum atomic E-state index is 4.15. The standard InChI is InChI=1S/C40H68Br2S2Si/c1-5-9-13-15-17-19-21-23-25-27-29-33-37-35(43-39(33)41)36-38(45(37,31-11-7-3)32-12-8-4)34(40(42)44-36)30-28-26-24-22-20-18-16-14-10-6-2/h5-32H2,1-4H3. The summed E-state index contributed by atoms with van der Waals surface area (Å²) in [5.41, 5.74) is 3.50. The van der Waals surface area contributed by atoms with Crippen LogP contribution in [0.15, 0.2) is 7.57 Å². The Morgan fingerprint density at radius 2 is 0.689 bits per heavy atom. The number of halogens is 2. The van der Waals surface area contributed by atoms with Gasteiger partial charge in [0.25, 0.3) is 0 Å². The molecule has 3 heterocycles. The largest absolute Gasteiger partial charge is 0.127 e. The van der Waals surface area contributed by atoms with Crippen LogP contribution in [-0.2, 0) is 12.8 Å². The summed E-state index contributed by atoms with van der Waals surface area (Å²) in [6.45, 7) is 9.47. The lowest BCUT2D eigenvalue weighted by atomic mass is 10.0. The Morgan fingerprint density at radius 3 is 1.00 bits per heavy atom. The minimum Gasteiger partial charge on any atom is -0.127 e. The van der Waals surface area contributed by atoms with Crippen LogP contribution in [0.2, 0.25) is 12.1 Å².